The van der Waals surface area contributed by atoms with Crippen molar-refractivity contribution >= 4 is 16.5 Å². The van der Waals surface area contributed by atoms with Crippen LogP contribution in [0.2, 0.25) is 0 Å². The molecule has 0 spiro atoms. The van der Waals surface area contributed by atoms with Crippen molar-refractivity contribution in [3.63, 3.8) is 0 Å². The Bertz CT molecular complexity index is 367. The first-order valence-electron chi connectivity index (χ1n) is 4.02. The first-order chi connectivity index (χ1) is 6.36. The SMILES string of the molecule is Cc1occc1CNc1nccs1. The van der Waals surface area contributed by atoms with Crippen LogP contribution in [-0.2, 0) is 6.54 Å². The van der Waals surface area contributed by atoms with Crippen molar-refractivity contribution in [1.82, 2.24) is 4.98 Å². The highest BCUT2D eigenvalue weighted by Crippen LogP contribution is 2.14. The lowest BCUT2D eigenvalue weighted by Gasteiger charge is -1.99. The molecule has 0 atom stereocenters. The zero-order chi connectivity index (χ0) is 9.10. The van der Waals surface area contributed by atoms with Gasteiger partial charge in [0.25, 0.3) is 0 Å². The van der Waals surface area contributed by atoms with Gasteiger partial charge in [0.2, 0.25) is 0 Å². The van der Waals surface area contributed by atoms with E-state index in [1.807, 2.05) is 18.4 Å². The molecular weight excluding hydrogens is 184 g/mol. The van der Waals surface area contributed by atoms with Gasteiger partial charge in [-0.2, -0.15) is 0 Å². The highest BCUT2D eigenvalue weighted by Gasteiger charge is 2.00. The lowest BCUT2D eigenvalue weighted by Crippen LogP contribution is -1.98. The summed E-state index contributed by atoms with van der Waals surface area (Å²) in [4.78, 5) is 4.12. The van der Waals surface area contributed by atoms with Gasteiger partial charge in [-0.15, -0.1) is 11.3 Å². The number of anilines is 1. The van der Waals surface area contributed by atoms with Gasteiger partial charge >= 0.3 is 0 Å². The second-order valence-corrected chi connectivity index (χ2v) is 3.59. The average molecular weight is 194 g/mol. The van der Waals surface area contributed by atoms with E-state index in [0.29, 0.717) is 0 Å². The molecule has 3 nitrogen and oxygen atoms in total. The van der Waals surface area contributed by atoms with Crippen LogP contribution in [0.15, 0.2) is 28.3 Å². The van der Waals surface area contributed by atoms with E-state index in [1.54, 1.807) is 23.8 Å². The molecule has 0 radical (unpaired) electrons. The molecule has 0 unspecified atom stereocenters. The van der Waals surface area contributed by atoms with Crippen LogP contribution >= 0.6 is 11.3 Å². The molecule has 0 aliphatic carbocycles. The Labute approximate surface area is 80.4 Å². The normalized spacial score (nSPS) is 10.2. The molecule has 0 saturated carbocycles. The third-order valence-electron chi connectivity index (χ3n) is 1.83. The summed E-state index contributed by atoms with van der Waals surface area (Å²) in [6.45, 7) is 2.73. The smallest absolute Gasteiger partial charge is 0.182 e. The number of hydrogen-bond acceptors (Lipinski definition) is 4. The predicted molar refractivity (Wildman–Crippen MR) is 52.9 cm³/mol. The molecule has 4 heteroatoms. The number of aryl methyl sites for hydroxylation is 1. The molecule has 0 saturated heterocycles. The summed E-state index contributed by atoms with van der Waals surface area (Å²) in [5.41, 5.74) is 1.18. The van der Waals surface area contributed by atoms with Crippen LogP contribution in [0.1, 0.15) is 11.3 Å². The summed E-state index contributed by atoms with van der Waals surface area (Å²) in [6.07, 6.45) is 3.49. The summed E-state index contributed by atoms with van der Waals surface area (Å²) < 4.78 is 5.18. The molecule has 0 aliphatic rings. The Morgan fingerprint density at radius 2 is 2.54 bits per heavy atom. The van der Waals surface area contributed by atoms with Gasteiger partial charge < -0.3 is 9.73 Å². The van der Waals surface area contributed by atoms with Crippen LogP contribution in [0, 0.1) is 6.92 Å². The highest BCUT2D eigenvalue weighted by atomic mass is 32.1. The fourth-order valence-corrected chi connectivity index (χ4v) is 1.60. The number of rotatable bonds is 3. The first kappa shape index (κ1) is 8.31. The molecule has 1 N–H and O–H groups in total. The summed E-state index contributed by atoms with van der Waals surface area (Å²) >= 11 is 1.60. The minimum Gasteiger partial charge on any atom is -0.469 e. The van der Waals surface area contributed by atoms with Crippen LogP contribution in [0.4, 0.5) is 5.13 Å². The molecule has 0 amide bonds. The number of hydrogen-bond donors (Lipinski definition) is 1. The van der Waals surface area contributed by atoms with Gasteiger partial charge in [-0.3, -0.25) is 0 Å². The second kappa shape index (κ2) is 3.62. The average Bonchev–Trinajstić information content (AvgIpc) is 2.72. The van der Waals surface area contributed by atoms with Crippen molar-refractivity contribution < 1.29 is 4.42 Å². The van der Waals surface area contributed by atoms with Gasteiger partial charge in [-0.05, 0) is 13.0 Å². The van der Waals surface area contributed by atoms with Gasteiger partial charge in [-0.25, -0.2) is 4.98 Å². The number of aromatic nitrogens is 1. The summed E-state index contributed by atoms with van der Waals surface area (Å²) in [7, 11) is 0. The molecule has 68 valence electrons. The number of furan rings is 1. The van der Waals surface area contributed by atoms with Crippen LogP contribution in [0.3, 0.4) is 0 Å². The standard InChI is InChI=1S/C9H10N2OS/c1-7-8(2-4-12-7)6-11-9-10-3-5-13-9/h2-5H,6H2,1H3,(H,10,11). The first-order valence-corrected chi connectivity index (χ1v) is 4.90. The van der Waals surface area contributed by atoms with Gasteiger partial charge in [0.15, 0.2) is 5.13 Å². The largest absolute Gasteiger partial charge is 0.469 e. The van der Waals surface area contributed by atoms with Gasteiger partial charge in [0, 0.05) is 23.7 Å². The predicted octanol–water partition coefficient (Wildman–Crippen LogP) is 2.66. The maximum Gasteiger partial charge on any atom is 0.182 e. The minimum atomic E-state index is 0.774. The van der Waals surface area contributed by atoms with Crippen molar-refractivity contribution in [2.45, 2.75) is 13.5 Å². The highest BCUT2D eigenvalue weighted by molar-refractivity contribution is 7.13. The number of nitrogens with one attached hydrogen (secondary N) is 1. The third-order valence-corrected chi connectivity index (χ3v) is 2.56. The zero-order valence-corrected chi connectivity index (χ0v) is 8.10. The summed E-state index contributed by atoms with van der Waals surface area (Å²) in [5.74, 6) is 0.962. The van der Waals surface area contributed by atoms with E-state index in [0.717, 1.165) is 17.4 Å². The Kier molecular flexibility index (Phi) is 2.31. The van der Waals surface area contributed by atoms with Gasteiger partial charge in [0.05, 0.1) is 6.26 Å². The Hall–Kier alpha value is -1.29. The molecule has 2 rings (SSSR count). The second-order valence-electron chi connectivity index (χ2n) is 2.69. The lowest BCUT2D eigenvalue weighted by atomic mass is 10.3. The van der Waals surface area contributed by atoms with E-state index in [4.69, 9.17) is 4.42 Å². The maximum atomic E-state index is 5.18. The van der Waals surface area contributed by atoms with Crippen molar-refractivity contribution in [3.05, 3.63) is 35.2 Å². The fraction of sp³-hybridized carbons (Fsp3) is 0.222. The lowest BCUT2D eigenvalue weighted by molar-refractivity contribution is 0.530. The maximum absolute atomic E-state index is 5.18. The van der Waals surface area contributed by atoms with Gasteiger partial charge in [0.1, 0.15) is 5.76 Å². The van der Waals surface area contributed by atoms with Crippen LogP contribution < -0.4 is 5.32 Å². The third kappa shape index (κ3) is 1.89. The Balaban J connectivity index is 1.97. The Morgan fingerprint density at radius 1 is 1.62 bits per heavy atom. The van der Waals surface area contributed by atoms with E-state index in [-0.39, 0.29) is 0 Å². The zero-order valence-electron chi connectivity index (χ0n) is 7.28. The Morgan fingerprint density at radius 3 is 3.15 bits per heavy atom. The summed E-state index contributed by atoms with van der Waals surface area (Å²) in [6, 6.07) is 1.97. The topological polar surface area (TPSA) is 38.1 Å². The van der Waals surface area contributed by atoms with Crippen molar-refractivity contribution in [2.75, 3.05) is 5.32 Å². The van der Waals surface area contributed by atoms with Crippen LogP contribution in [0.25, 0.3) is 0 Å². The van der Waals surface area contributed by atoms with Crippen molar-refractivity contribution in [2.24, 2.45) is 0 Å². The molecular formula is C9H10N2OS. The van der Waals surface area contributed by atoms with E-state index >= 15 is 0 Å². The molecule has 2 heterocycles. The van der Waals surface area contributed by atoms with E-state index in [2.05, 4.69) is 10.3 Å². The van der Waals surface area contributed by atoms with E-state index in [1.165, 1.54) is 5.56 Å². The number of nitrogens with zero attached hydrogens (tertiary/aromatic N) is 1. The molecule has 13 heavy (non-hydrogen) atoms. The monoisotopic (exact) mass is 194 g/mol. The molecule has 0 aliphatic heterocycles. The molecule has 0 aromatic carbocycles. The van der Waals surface area contributed by atoms with Crippen LogP contribution in [0.5, 0.6) is 0 Å². The van der Waals surface area contributed by atoms with Gasteiger partial charge in [-0.1, -0.05) is 0 Å². The van der Waals surface area contributed by atoms with E-state index in [9.17, 15) is 0 Å². The minimum absolute atomic E-state index is 0.774. The quantitative estimate of drug-likeness (QED) is 0.816. The molecule has 2 aromatic heterocycles. The summed E-state index contributed by atoms with van der Waals surface area (Å²) in [5, 5.41) is 6.11. The van der Waals surface area contributed by atoms with E-state index < -0.39 is 0 Å². The van der Waals surface area contributed by atoms with Crippen LogP contribution in [-0.4, -0.2) is 4.98 Å². The molecule has 0 fully saturated rings. The van der Waals surface area contributed by atoms with Crippen molar-refractivity contribution in [1.29, 1.82) is 0 Å². The number of thiazole rings is 1. The molecule has 2 aromatic rings. The van der Waals surface area contributed by atoms with Crippen molar-refractivity contribution in [3.8, 4) is 0 Å². The fourth-order valence-electron chi connectivity index (χ4n) is 1.08. The molecule has 0 bridgehead atoms.